The third-order valence-electron chi connectivity index (χ3n) is 4.76. The topological polar surface area (TPSA) is 12.0 Å². The van der Waals surface area contributed by atoms with Gasteiger partial charge in [-0.3, -0.25) is 0 Å². The van der Waals surface area contributed by atoms with Crippen molar-refractivity contribution >= 4 is 0 Å². The van der Waals surface area contributed by atoms with Crippen molar-refractivity contribution in [1.29, 1.82) is 0 Å². The maximum atomic E-state index is 3.88. The van der Waals surface area contributed by atoms with Crippen LogP contribution in [0.1, 0.15) is 64.5 Å². The van der Waals surface area contributed by atoms with Crippen LogP contribution >= 0.6 is 0 Å². The van der Waals surface area contributed by atoms with E-state index in [1.54, 1.807) is 0 Å². The van der Waals surface area contributed by atoms with Crippen molar-refractivity contribution in [3.63, 3.8) is 0 Å². The van der Waals surface area contributed by atoms with Gasteiger partial charge in [-0.1, -0.05) is 51.1 Å². The molecule has 19 heavy (non-hydrogen) atoms. The molecule has 1 aliphatic rings. The number of rotatable bonds is 5. The summed E-state index contributed by atoms with van der Waals surface area (Å²) in [7, 11) is 0. The molecule has 1 unspecified atom stereocenters. The Morgan fingerprint density at radius 1 is 1.05 bits per heavy atom. The van der Waals surface area contributed by atoms with Gasteiger partial charge in [-0.2, -0.15) is 0 Å². The molecule has 1 N–H and O–H groups in total. The highest BCUT2D eigenvalue weighted by molar-refractivity contribution is 5.18. The first-order chi connectivity index (χ1) is 9.20. The van der Waals surface area contributed by atoms with Crippen LogP contribution in [0.3, 0.4) is 0 Å². The molecule has 0 radical (unpaired) electrons. The van der Waals surface area contributed by atoms with E-state index in [0.29, 0.717) is 6.04 Å². The minimum atomic E-state index is 0.529. The van der Waals surface area contributed by atoms with E-state index >= 15 is 0 Å². The van der Waals surface area contributed by atoms with Gasteiger partial charge in [-0.15, -0.1) is 0 Å². The minimum absolute atomic E-state index is 0.529. The molecule has 1 saturated carbocycles. The molecule has 0 aliphatic heterocycles. The van der Waals surface area contributed by atoms with Crippen LogP contribution in [-0.2, 0) is 0 Å². The molecule has 1 atom stereocenters. The molecular formula is C18H29N. The fourth-order valence-electron chi connectivity index (χ4n) is 3.37. The van der Waals surface area contributed by atoms with Crippen molar-refractivity contribution in [2.45, 2.75) is 65.0 Å². The Kier molecular flexibility index (Phi) is 5.45. The Morgan fingerprint density at radius 3 is 2.21 bits per heavy atom. The number of benzene rings is 1. The highest BCUT2D eigenvalue weighted by Crippen LogP contribution is 2.31. The number of nitrogens with one attached hydrogen (secondary N) is 1. The van der Waals surface area contributed by atoms with Crippen molar-refractivity contribution in [2.24, 2.45) is 11.8 Å². The van der Waals surface area contributed by atoms with Crippen molar-refractivity contribution in [3.8, 4) is 0 Å². The van der Waals surface area contributed by atoms with Crippen LogP contribution in [-0.4, -0.2) is 6.04 Å². The fraction of sp³-hybridized carbons (Fsp3) is 0.667. The van der Waals surface area contributed by atoms with E-state index in [4.69, 9.17) is 0 Å². The third-order valence-corrected chi connectivity index (χ3v) is 4.76. The lowest BCUT2D eigenvalue weighted by atomic mass is 9.79. The lowest BCUT2D eigenvalue weighted by molar-refractivity contribution is 0.227. The van der Waals surface area contributed by atoms with Gasteiger partial charge in [-0.05, 0) is 49.5 Å². The lowest BCUT2D eigenvalue weighted by Gasteiger charge is -2.33. The molecule has 1 aliphatic carbocycles. The van der Waals surface area contributed by atoms with Gasteiger partial charge in [0.25, 0.3) is 0 Å². The summed E-state index contributed by atoms with van der Waals surface area (Å²) in [4.78, 5) is 0. The molecule has 0 spiro atoms. The van der Waals surface area contributed by atoms with E-state index < -0.39 is 0 Å². The summed E-state index contributed by atoms with van der Waals surface area (Å²) in [6.07, 6.45) is 6.69. The van der Waals surface area contributed by atoms with Gasteiger partial charge in [0.05, 0.1) is 0 Å². The summed E-state index contributed by atoms with van der Waals surface area (Å²) in [5, 5.41) is 3.88. The molecule has 106 valence electrons. The van der Waals surface area contributed by atoms with E-state index in [9.17, 15) is 0 Å². The second-order valence-electron chi connectivity index (χ2n) is 6.39. The summed E-state index contributed by atoms with van der Waals surface area (Å²) in [6, 6.07) is 12.2. The van der Waals surface area contributed by atoms with Gasteiger partial charge < -0.3 is 5.32 Å². The van der Waals surface area contributed by atoms with Gasteiger partial charge in [0.2, 0.25) is 0 Å². The summed E-state index contributed by atoms with van der Waals surface area (Å²) in [5.41, 5.74) is 1.44. The standard InChI is InChI=1S/C18H29N/c1-4-18(16-8-6-5-7-9-16)19-17-12-10-15(11-13-17)14(2)3/h5-9,14-15,17-19H,4,10-13H2,1-3H3. The fourth-order valence-corrected chi connectivity index (χ4v) is 3.37. The SMILES string of the molecule is CCC(NC1CCC(C(C)C)CC1)c1ccccc1. The third kappa shape index (κ3) is 4.07. The quantitative estimate of drug-likeness (QED) is 0.789. The molecule has 1 fully saturated rings. The van der Waals surface area contributed by atoms with E-state index in [1.165, 1.54) is 37.7 Å². The first-order valence-corrected chi connectivity index (χ1v) is 8.01. The maximum Gasteiger partial charge on any atom is 0.0320 e. The number of hydrogen-bond acceptors (Lipinski definition) is 1. The minimum Gasteiger partial charge on any atom is -0.307 e. The molecule has 0 saturated heterocycles. The van der Waals surface area contributed by atoms with Crippen molar-refractivity contribution < 1.29 is 0 Å². The Hall–Kier alpha value is -0.820. The van der Waals surface area contributed by atoms with Gasteiger partial charge >= 0.3 is 0 Å². The average molecular weight is 259 g/mol. The Labute approximate surface area is 118 Å². The van der Waals surface area contributed by atoms with Gasteiger partial charge in [0.1, 0.15) is 0 Å². The van der Waals surface area contributed by atoms with Crippen molar-refractivity contribution in [3.05, 3.63) is 35.9 Å². The highest BCUT2D eigenvalue weighted by atomic mass is 14.9. The van der Waals surface area contributed by atoms with Gasteiger partial charge in [0, 0.05) is 12.1 Å². The Bertz CT molecular complexity index is 349. The van der Waals surface area contributed by atoms with Crippen LogP contribution in [0, 0.1) is 11.8 Å². The molecule has 1 aromatic carbocycles. The summed E-state index contributed by atoms with van der Waals surface area (Å²) in [5.74, 6) is 1.81. The van der Waals surface area contributed by atoms with Gasteiger partial charge in [0.15, 0.2) is 0 Å². The maximum absolute atomic E-state index is 3.88. The predicted octanol–water partition coefficient (Wildman–Crippen LogP) is 4.94. The molecule has 0 heterocycles. The Balaban J connectivity index is 1.87. The van der Waals surface area contributed by atoms with Crippen LogP contribution < -0.4 is 5.32 Å². The molecule has 2 rings (SSSR count). The molecule has 1 heteroatoms. The van der Waals surface area contributed by atoms with E-state index in [1.807, 2.05) is 0 Å². The molecule has 1 nitrogen and oxygen atoms in total. The second-order valence-corrected chi connectivity index (χ2v) is 6.39. The van der Waals surface area contributed by atoms with Crippen molar-refractivity contribution in [1.82, 2.24) is 5.32 Å². The highest BCUT2D eigenvalue weighted by Gasteiger charge is 2.24. The molecule has 0 aromatic heterocycles. The largest absolute Gasteiger partial charge is 0.307 e. The van der Waals surface area contributed by atoms with E-state index in [2.05, 4.69) is 56.4 Å². The van der Waals surface area contributed by atoms with Crippen LogP contribution in [0.2, 0.25) is 0 Å². The first kappa shape index (κ1) is 14.6. The van der Waals surface area contributed by atoms with Crippen LogP contribution in [0.25, 0.3) is 0 Å². The smallest absolute Gasteiger partial charge is 0.0320 e. The van der Waals surface area contributed by atoms with Crippen LogP contribution in [0.5, 0.6) is 0 Å². The van der Waals surface area contributed by atoms with E-state index in [0.717, 1.165) is 17.9 Å². The lowest BCUT2D eigenvalue weighted by Crippen LogP contribution is -2.36. The molecule has 0 amide bonds. The molecular weight excluding hydrogens is 230 g/mol. The van der Waals surface area contributed by atoms with Crippen LogP contribution in [0.4, 0.5) is 0 Å². The molecule has 0 bridgehead atoms. The summed E-state index contributed by atoms with van der Waals surface area (Å²) in [6.45, 7) is 7.03. The average Bonchev–Trinajstić information content (AvgIpc) is 2.46. The van der Waals surface area contributed by atoms with Crippen LogP contribution in [0.15, 0.2) is 30.3 Å². The van der Waals surface area contributed by atoms with E-state index in [-0.39, 0.29) is 0 Å². The normalized spacial score (nSPS) is 25.5. The summed E-state index contributed by atoms with van der Waals surface area (Å²) >= 11 is 0. The monoisotopic (exact) mass is 259 g/mol. The summed E-state index contributed by atoms with van der Waals surface area (Å²) < 4.78 is 0. The zero-order valence-corrected chi connectivity index (χ0v) is 12.7. The second kappa shape index (κ2) is 7.09. The van der Waals surface area contributed by atoms with Crippen molar-refractivity contribution in [2.75, 3.05) is 0 Å². The predicted molar refractivity (Wildman–Crippen MR) is 83.2 cm³/mol. The molecule has 1 aromatic rings. The zero-order valence-electron chi connectivity index (χ0n) is 12.7. The Morgan fingerprint density at radius 2 is 1.68 bits per heavy atom. The number of hydrogen-bond donors (Lipinski definition) is 1. The van der Waals surface area contributed by atoms with Gasteiger partial charge in [-0.25, -0.2) is 0 Å². The zero-order chi connectivity index (χ0) is 13.7. The first-order valence-electron chi connectivity index (χ1n) is 8.01.